The van der Waals surface area contributed by atoms with Crippen LogP contribution in [0, 0.1) is 6.92 Å². The summed E-state index contributed by atoms with van der Waals surface area (Å²) in [6, 6.07) is 7.55. The summed E-state index contributed by atoms with van der Waals surface area (Å²) in [5, 5.41) is 0. The van der Waals surface area contributed by atoms with Crippen molar-refractivity contribution in [3.05, 3.63) is 29.8 Å². The molecule has 0 heterocycles. The van der Waals surface area contributed by atoms with Crippen molar-refractivity contribution in [3.63, 3.8) is 0 Å². The third-order valence-electron chi connectivity index (χ3n) is 2.00. The Morgan fingerprint density at radius 2 is 1.69 bits per heavy atom. The van der Waals surface area contributed by atoms with Crippen molar-refractivity contribution < 1.29 is 9.35 Å². The molecule has 0 atom stereocenters. The molecule has 5 heteroatoms. The number of anilines is 1. The largest absolute Gasteiger partial charge is 0.333 e. The molecular formula is C11H18ClNO2S. The number of halogens is 1. The van der Waals surface area contributed by atoms with Crippen LogP contribution in [0.25, 0.3) is 0 Å². The van der Waals surface area contributed by atoms with E-state index in [-0.39, 0.29) is 18.3 Å². The highest BCUT2D eigenvalue weighted by Gasteiger charge is 2.22. The lowest BCUT2D eigenvalue weighted by Gasteiger charge is -2.37. The highest BCUT2D eigenvalue weighted by molar-refractivity contribution is 8.29. The predicted octanol–water partition coefficient (Wildman–Crippen LogP) is 3.22. The topological polar surface area (TPSA) is 40.5 Å². The van der Waals surface area contributed by atoms with Crippen molar-refractivity contribution in [1.82, 2.24) is 0 Å². The maximum absolute atomic E-state index is 11.5. The second-order valence-corrected chi connectivity index (χ2v) is 6.67. The maximum atomic E-state index is 11.5. The second-order valence-electron chi connectivity index (χ2n) is 3.87. The summed E-state index contributed by atoms with van der Waals surface area (Å²) < 4.78 is 11.4. The number of hydrogen-bond donors (Lipinski definition) is 1. The average molecular weight is 264 g/mol. The van der Waals surface area contributed by atoms with Gasteiger partial charge in [0, 0.05) is 19.4 Å². The van der Waals surface area contributed by atoms with Gasteiger partial charge in [-0.15, -0.1) is 12.4 Å². The van der Waals surface area contributed by atoms with Crippen LogP contribution in [0.3, 0.4) is 0 Å². The zero-order chi connectivity index (χ0) is 11.6. The number of benzene rings is 1. The average Bonchev–Trinajstić information content (AvgIpc) is 2.05. The Balaban J connectivity index is 0.00000225. The molecule has 92 valence electrons. The smallest absolute Gasteiger partial charge is 0.234 e. The van der Waals surface area contributed by atoms with E-state index in [2.05, 4.69) is 0 Å². The van der Waals surface area contributed by atoms with Crippen LogP contribution in [-0.4, -0.2) is 23.0 Å². The number of carbonyl (C=O) groups is 1. The van der Waals surface area contributed by atoms with Crippen LogP contribution in [0.1, 0.15) is 12.5 Å². The van der Waals surface area contributed by atoms with Gasteiger partial charge in [-0.05, 0) is 19.1 Å². The van der Waals surface area contributed by atoms with Crippen molar-refractivity contribution in [2.24, 2.45) is 0 Å². The molecule has 0 bridgehead atoms. The van der Waals surface area contributed by atoms with Gasteiger partial charge in [0.25, 0.3) is 0 Å². The summed E-state index contributed by atoms with van der Waals surface area (Å²) in [6.07, 6.45) is 3.35. The van der Waals surface area contributed by atoms with Crippen LogP contribution in [0.2, 0.25) is 0 Å². The summed E-state index contributed by atoms with van der Waals surface area (Å²) in [5.41, 5.74) is 1.88. The zero-order valence-corrected chi connectivity index (χ0v) is 11.6. The van der Waals surface area contributed by atoms with Crippen LogP contribution >= 0.6 is 22.9 Å². The third kappa shape index (κ3) is 3.70. The van der Waals surface area contributed by atoms with Crippen LogP contribution < -0.4 is 4.31 Å². The lowest BCUT2D eigenvalue weighted by atomic mass is 10.2. The fraction of sp³-hybridized carbons (Fsp3) is 0.364. The molecule has 0 unspecified atom stereocenters. The summed E-state index contributed by atoms with van der Waals surface area (Å²) in [5.74, 6) is -0.138. The quantitative estimate of drug-likeness (QED) is 0.890. The molecule has 0 fully saturated rings. The van der Waals surface area contributed by atoms with Crippen molar-refractivity contribution >= 4 is 34.5 Å². The monoisotopic (exact) mass is 263 g/mol. The normalized spacial score (nSPS) is 11.6. The van der Waals surface area contributed by atoms with Gasteiger partial charge in [-0.2, -0.15) is 0 Å². The van der Waals surface area contributed by atoms with Crippen LogP contribution in [-0.2, 0) is 4.79 Å². The van der Waals surface area contributed by atoms with Gasteiger partial charge >= 0.3 is 0 Å². The van der Waals surface area contributed by atoms with Gasteiger partial charge < -0.3 is 4.55 Å². The lowest BCUT2D eigenvalue weighted by molar-refractivity contribution is -0.115. The van der Waals surface area contributed by atoms with Crippen LogP contribution in [0.15, 0.2) is 24.3 Å². The Morgan fingerprint density at radius 3 is 2.00 bits per heavy atom. The number of aryl methyl sites for hydroxylation is 1. The minimum atomic E-state index is -2.05. The van der Waals surface area contributed by atoms with Gasteiger partial charge in [-0.25, -0.2) is 0 Å². The molecule has 0 spiro atoms. The number of hydrogen-bond acceptors (Lipinski definition) is 2. The Morgan fingerprint density at radius 1 is 1.25 bits per heavy atom. The van der Waals surface area contributed by atoms with Crippen LogP contribution in [0.4, 0.5) is 5.69 Å². The number of rotatable bonds is 2. The molecule has 1 aromatic rings. The first-order valence-corrected chi connectivity index (χ1v) is 7.02. The Kier molecular flexibility index (Phi) is 5.32. The summed E-state index contributed by atoms with van der Waals surface area (Å²) >= 11 is 0. The molecule has 0 saturated carbocycles. The predicted molar refractivity (Wildman–Crippen MR) is 73.7 cm³/mol. The minimum absolute atomic E-state index is 0. The first-order valence-electron chi connectivity index (χ1n) is 4.65. The summed E-state index contributed by atoms with van der Waals surface area (Å²) in [6.45, 7) is 3.45. The first-order chi connectivity index (χ1) is 6.82. The van der Waals surface area contributed by atoms with Gasteiger partial charge in [-0.1, -0.05) is 28.2 Å². The van der Waals surface area contributed by atoms with Gasteiger partial charge in [0.15, 0.2) is 0 Å². The fourth-order valence-electron chi connectivity index (χ4n) is 1.43. The minimum Gasteiger partial charge on any atom is -0.333 e. The molecule has 1 N–H and O–H groups in total. The van der Waals surface area contributed by atoms with Gasteiger partial charge in [0.05, 0.1) is 5.69 Å². The van der Waals surface area contributed by atoms with E-state index in [1.807, 2.05) is 31.2 Å². The van der Waals surface area contributed by atoms with E-state index < -0.39 is 10.5 Å². The molecule has 16 heavy (non-hydrogen) atoms. The molecule has 1 rings (SSSR count). The number of carbonyl (C=O) groups excluding carboxylic acids is 1. The Hall–Kier alpha value is -0.710. The van der Waals surface area contributed by atoms with E-state index in [4.69, 9.17) is 0 Å². The molecule has 0 saturated heterocycles. The number of amides is 1. The Labute approximate surface area is 105 Å². The molecular weight excluding hydrogens is 246 g/mol. The highest BCUT2D eigenvalue weighted by Crippen LogP contribution is 2.42. The van der Waals surface area contributed by atoms with E-state index >= 15 is 0 Å². The van der Waals surface area contributed by atoms with E-state index in [1.165, 1.54) is 11.2 Å². The molecule has 0 aliphatic rings. The molecule has 3 nitrogen and oxygen atoms in total. The molecule has 0 radical (unpaired) electrons. The van der Waals surface area contributed by atoms with Gasteiger partial charge in [0.2, 0.25) is 5.91 Å². The molecule has 1 amide bonds. The molecule has 0 aliphatic heterocycles. The van der Waals surface area contributed by atoms with E-state index in [0.717, 1.165) is 11.3 Å². The van der Waals surface area contributed by atoms with E-state index in [9.17, 15) is 9.35 Å². The zero-order valence-electron chi connectivity index (χ0n) is 9.93. The van der Waals surface area contributed by atoms with Gasteiger partial charge in [0.1, 0.15) is 0 Å². The molecule has 0 aliphatic carbocycles. The first kappa shape index (κ1) is 15.3. The molecule has 0 aromatic heterocycles. The Bertz CT molecular complexity index is 359. The maximum Gasteiger partial charge on any atom is 0.234 e. The summed E-state index contributed by atoms with van der Waals surface area (Å²) in [7, 11) is -2.05. The second kappa shape index (κ2) is 5.57. The van der Waals surface area contributed by atoms with Crippen LogP contribution in [0.5, 0.6) is 0 Å². The number of nitrogens with zero attached hydrogens (tertiary/aromatic N) is 1. The van der Waals surface area contributed by atoms with Crippen molar-refractivity contribution in [2.75, 3.05) is 16.8 Å². The standard InChI is InChI=1S/C11H17NO2S.ClH/c1-9-5-7-11(8-6-9)12(10(2)13)15(3,4)14;/h5-8,14H,1-4H3;1H. The highest BCUT2D eigenvalue weighted by atomic mass is 35.5. The third-order valence-corrected chi connectivity index (χ3v) is 3.36. The lowest BCUT2D eigenvalue weighted by Crippen LogP contribution is -2.30. The molecule has 1 aromatic carbocycles. The van der Waals surface area contributed by atoms with Crippen molar-refractivity contribution in [3.8, 4) is 0 Å². The van der Waals surface area contributed by atoms with Crippen molar-refractivity contribution in [2.45, 2.75) is 13.8 Å². The van der Waals surface area contributed by atoms with E-state index in [0.29, 0.717) is 0 Å². The van der Waals surface area contributed by atoms with Crippen molar-refractivity contribution in [1.29, 1.82) is 0 Å². The van der Waals surface area contributed by atoms with Gasteiger partial charge in [-0.3, -0.25) is 9.10 Å². The van der Waals surface area contributed by atoms with E-state index in [1.54, 1.807) is 12.5 Å². The fourth-order valence-corrected chi connectivity index (χ4v) is 2.70. The summed E-state index contributed by atoms with van der Waals surface area (Å²) in [4.78, 5) is 11.5. The SMILES string of the molecule is CC(=O)N(c1ccc(C)cc1)S(C)(C)O.Cl.